The van der Waals surface area contributed by atoms with Gasteiger partial charge >= 0.3 is 0 Å². The maximum atomic E-state index is 4.68. The van der Waals surface area contributed by atoms with Crippen molar-refractivity contribution in [2.45, 2.75) is 46.6 Å². The number of nitrogens with zero attached hydrogens (tertiary/aromatic N) is 2. The second-order valence-electron chi connectivity index (χ2n) is 5.58. The summed E-state index contributed by atoms with van der Waals surface area (Å²) in [5.41, 5.74) is 1.36. The first-order valence-electron chi connectivity index (χ1n) is 6.85. The second kappa shape index (κ2) is 7.22. The van der Waals surface area contributed by atoms with Gasteiger partial charge < -0.3 is 10.2 Å². The second-order valence-corrected chi connectivity index (χ2v) is 6.52. The van der Waals surface area contributed by atoms with E-state index in [1.165, 1.54) is 10.7 Å². The normalized spacial score (nSPS) is 12.3. The molecular weight excluding hydrogens is 242 g/mol. The first-order valence-corrected chi connectivity index (χ1v) is 7.73. The molecule has 0 saturated carbocycles. The molecule has 0 aliphatic rings. The lowest BCUT2D eigenvalue weighted by Crippen LogP contribution is -2.31. The fraction of sp³-hybridized carbons (Fsp3) is 0.786. The van der Waals surface area contributed by atoms with Gasteiger partial charge in [0.2, 0.25) is 0 Å². The molecule has 0 radical (unpaired) electrons. The quantitative estimate of drug-likeness (QED) is 0.772. The first-order chi connectivity index (χ1) is 8.47. The van der Waals surface area contributed by atoms with Crippen molar-refractivity contribution in [3.05, 3.63) is 16.1 Å². The first kappa shape index (κ1) is 15.6. The molecule has 1 N–H and O–H groups in total. The maximum absolute atomic E-state index is 4.68. The summed E-state index contributed by atoms with van der Waals surface area (Å²) in [6, 6.07) is 0. The number of likely N-dealkylation sites (N-methyl/N-ethyl adjacent to an activating group) is 1. The number of hydrogen-bond donors (Lipinski definition) is 1. The monoisotopic (exact) mass is 269 g/mol. The lowest BCUT2D eigenvalue weighted by Gasteiger charge is -2.17. The van der Waals surface area contributed by atoms with E-state index in [0.717, 1.165) is 32.7 Å². The predicted molar refractivity (Wildman–Crippen MR) is 80.3 cm³/mol. The summed E-state index contributed by atoms with van der Waals surface area (Å²) in [5, 5.41) is 6.85. The van der Waals surface area contributed by atoms with Crippen LogP contribution >= 0.6 is 11.3 Å². The summed E-state index contributed by atoms with van der Waals surface area (Å²) < 4.78 is 0. The van der Waals surface area contributed by atoms with Crippen LogP contribution in [0.2, 0.25) is 0 Å². The smallest absolute Gasteiger partial charge is 0.107 e. The number of hydrogen-bond acceptors (Lipinski definition) is 4. The topological polar surface area (TPSA) is 28.2 Å². The van der Waals surface area contributed by atoms with Gasteiger partial charge in [-0.15, -0.1) is 11.3 Å². The molecule has 0 aliphatic heterocycles. The molecule has 0 amide bonds. The van der Waals surface area contributed by atoms with Crippen LogP contribution < -0.4 is 5.32 Å². The van der Waals surface area contributed by atoms with Gasteiger partial charge in [-0.05, 0) is 13.1 Å². The van der Waals surface area contributed by atoms with E-state index in [1.807, 2.05) is 0 Å². The Morgan fingerprint density at radius 1 is 1.28 bits per heavy atom. The minimum Gasteiger partial charge on any atom is -0.309 e. The summed E-state index contributed by atoms with van der Waals surface area (Å²) in [4.78, 5) is 7.11. The van der Waals surface area contributed by atoms with Crippen LogP contribution in [0.25, 0.3) is 0 Å². The summed E-state index contributed by atoms with van der Waals surface area (Å²) in [5.74, 6) is 0. The van der Waals surface area contributed by atoms with Crippen molar-refractivity contribution < 1.29 is 0 Å². The highest BCUT2D eigenvalue weighted by Gasteiger charge is 2.17. The molecule has 0 fully saturated rings. The van der Waals surface area contributed by atoms with Crippen LogP contribution in [-0.4, -0.2) is 36.1 Å². The van der Waals surface area contributed by atoms with Crippen molar-refractivity contribution in [3.8, 4) is 0 Å². The van der Waals surface area contributed by atoms with Gasteiger partial charge in [-0.2, -0.15) is 0 Å². The summed E-state index contributed by atoms with van der Waals surface area (Å²) in [7, 11) is 0. The van der Waals surface area contributed by atoms with Crippen molar-refractivity contribution >= 4 is 11.3 Å². The Labute approximate surface area is 116 Å². The Balaban J connectivity index is 2.30. The Morgan fingerprint density at radius 3 is 2.44 bits per heavy atom. The fourth-order valence-corrected chi connectivity index (χ4v) is 2.70. The lowest BCUT2D eigenvalue weighted by atomic mass is 9.93. The molecule has 3 nitrogen and oxygen atoms in total. The molecule has 4 heteroatoms. The van der Waals surface area contributed by atoms with Gasteiger partial charge in [0.15, 0.2) is 0 Å². The van der Waals surface area contributed by atoms with Crippen molar-refractivity contribution in [3.63, 3.8) is 0 Å². The summed E-state index contributed by atoms with van der Waals surface area (Å²) >= 11 is 1.76. The van der Waals surface area contributed by atoms with E-state index in [-0.39, 0.29) is 5.41 Å². The molecule has 0 atom stereocenters. The van der Waals surface area contributed by atoms with E-state index in [9.17, 15) is 0 Å². The number of thiazole rings is 1. The van der Waals surface area contributed by atoms with Crippen LogP contribution in [0.5, 0.6) is 0 Å². The molecule has 18 heavy (non-hydrogen) atoms. The van der Waals surface area contributed by atoms with E-state index in [1.54, 1.807) is 11.3 Å². The Kier molecular flexibility index (Phi) is 6.26. The zero-order valence-corrected chi connectivity index (χ0v) is 13.2. The van der Waals surface area contributed by atoms with E-state index >= 15 is 0 Å². The van der Waals surface area contributed by atoms with Gasteiger partial charge in [0.05, 0.1) is 5.69 Å². The molecule has 0 bridgehead atoms. The SMILES string of the molecule is CCN(CC)CCNCc1nc(C(C)(C)C)cs1. The predicted octanol–water partition coefficient (Wildman–Crippen LogP) is 2.87. The zero-order chi connectivity index (χ0) is 13.6. The van der Waals surface area contributed by atoms with Gasteiger partial charge in [0, 0.05) is 30.4 Å². The molecule has 1 heterocycles. The fourth-order valence-electron chi connectivity index (χ4n) is 1.71. The highest BCUT2D eigenvalue weighted by Crippen LogP contribution is 2.23. The van der Waals surface area contributed by atoms with Crippen LogP contribution in [0, 0.1) is 0 Å². The Hall–Kier alpha value is -0.450. The highest BCUT2D eigenvalue weighted by atomic mass is 32.1. The largest absolute Gasteiger partial charge is 0.309 e. The third-order valence-corrected chi connectivity index (χ3v) is 3.94. The van der Waals surface area contributed by atoms with E-state index in [4.69, 9.17) is 0 Å². The van der Waals surface area contributed by atoms with Gasteiger partial charge in [-0.25, -0.2) is 4.98 Å². The van der Waals surface area contributed by atoms with Crippen molar-refractivity contribution in [1.82, 2.24) is 15.2 Å². The number of nitrogens with one attached hydrogen (secondary N) is 1. The molecule has 0 unspecified atom stereocenters. The Morgan fingerprint density at radius 2 is 1.94 bits per heavy atom. The maximum Gasteiger partial charge on any atom is 0.107 e. The van der Waals surface area contributed by atoms with E-state index < -0.39 is 0 Å². The van der Waals surface area contributed by atoms with Crippen LogP contribution in [-0.2, 0) is 12.0 Å². The third kappa shape index (κ3) is 5.04. The van der Waals surface area contributed by atoms with Crippen molar-refractivity contribution in [2.24, 2.45) is 0 Å². The van der Waals surface area contributed by atoms with Gasteiger partial charge in [0.1, 0.15) is 5.01 Å². The molecule has 1 rings (SSSR count). The van der Waals surface area contributed by atoms with E-state index in [0.29, 0.717) is 0 Å². The van der Waals surface area contributed by atoms with Crippen LogP contribution in [0.1, 0.15) is 45.3 Å². The molecule has 0 saturated heterocycles. The number of aromatic nitrogens is 1. The average molecular weight is 269 g/mol. The highest BCUT2D eigenvalue weighted by molar-refractivity contribution is 7.09. The van der Waals surface area contributed by atoms with Crippen LogP contribution in [0.3, 0.4) is 0 Å². The van der Waals surface area contributed by atoms with Crippen LogP contribution in [0.4, 0.5) is 0 Å². The molecular formula is C14H27N3S. The lowest BCUT2D eigenvalue weighted by molar-refractivity contribution is 0.302. The standard InChI is InChI=1S/C14H27N3S/c1-6-17(7-2)9-8-15-10-13-16-12(11-18-13)14(3,4)5/h11,15H,6-10H2,1-5H3. The number of rotatable bonds is 7. The van der Waals surface area contributed by atoms with Gasteiger partial charge in [-0.1, -0.05) is 34.6 Å². The van der Waals surface area contributed by atoms with Crippen molar-refractivity contribution in [1.29, 1.82) is 0 Å². The van der Waals surface area contributed by atoms with Crippen molar-refractivity contribution in [2.75, 3.05) is 26.2 Å². The molecule has 0 aromatic carbocycles. The molecule has 1 aromatic rings. The van der Waals surface area contributed by atoms with Crippen LogP contribution in [0.15, 0.2) is 5.38 Å². The minimum absolute atomic E-state index is 0.163. The summed E-state index contributed by atoms with van der Waals surface area (Å²) in [6.45, 7) is 16.3. The molecule has 1 aromatic heterocycles. The molecule has 0 spiro atoms. The minimum atomic E-state index is 0.163. The summed E-state index contributed by atoms with van der Waals surface area (Å²) in [6.07, 6.45) is 0. The third-order valence-electron chi connectivity index (χ3n) is 3.10. The Bertz CT molecular complexity index is 337. The molecule has 0 aliphatic carbocycles. The van der Waals surface area contributed by atoms with Gasteiger partial charge in [-0.3, -0.25) is 0 Å². The van der Waals surface area contributed by atoms with E-state index in [2.05, 4.69) is 55.2 Å². The average Bonchev–Trinajstić information content (AvgIpc) is 2.78. The van der Waals surface area contributed by atoms with Gasteiger partial charge in [0.25, 0.3) is 0 Å². The molecule has 104 valence electrons. The zero-order valence-electron chi connectivity index (χ0n) is 12.4.